The number of fused-ring (bicyclic) bond motifs is 2. The number of methoxy groups -OCH3 is 2. The van der Waals surface area contributed by atoms with Gasteiger partial charge in [-0.05, 0) is 81.4 Å². The minimum atomic E-state index is -0.788. The third kappa shape index (κ3) is 9.89. The van der Waals surface area contributed by atoms with E-state index in [4.69, 9.17) is 14.2 Å². The third-order valence-electron chi connectivity index (χ3n) is 7.85. The van der Waals surface area contributed by atoms with Crippen molar-refractivity contribution in [1.82, 2.24) is 9.97 Å². The molecule has 0 spiro atoms. The van der Waals surface area contributed by atoms with Crippen molar-refractivity contribution in [3.8, 4) is 34.5 Å². The van der Waals surface area contributed by atoms with E-state index < -0.39 is 17.9 Å². The molecule has 0 atom stereocenters. The van der Waals surface area contributed by atoms with Gasteiger partial charge in [-0.2, -0.15) is 0 Å². The first-order valence-electron chi connectivity index (χ1n) is 16.0. The minimum absolute atomic E-state index is 0. The molecule has 0 amide bonds. The van der Waals surface area contributed by atoms with Gasteiger partial charge in [0, 0.05) is 54.6 Å². The summed E-state index contributed by atoms with van der Waals surface area (Å²) in [6.07, 6.45) is 0. The van der Waals surface area contributed by atoms with E-state index in [0.717, 1.165) is 16.9 Å². The number of hydrogen-bond donors (Lipinski definition) is 2. The summed E-state index contributed by atoms with van der Waals surface area (Å²) in [7, 11) is 2.44. The Labute approximate surface area is 326 Å². The second kappa shape index (κ2) is 18.6. The summed E-state index contributed by atoms with van der Waals surface area (Å²) in [4.78, 5) is 43.1. The van der Waals surface area contributed by atoms with Crippen LogP contribution in [0.5, 0.6) is 34.5 Å². The summed E-state index contributed by atoms with van der Waals surface area (Å²) in [6, 6.07) is 25.4. The van der Waals surface area contributed by atoms with Gasteiger partial charge >= 0.3 is 17.9 Å². The summed E-state index contributed by atoms with van der Waals surface area (Å²) in [5, 5.41) is 22.8. The minimum Gasteiger partial charge on any atom is -0.505 e. The van der Waals surface area contributed by atoms with E-state index in [1.54, 1.807) is 43.3 Å². The van der Waals surface area contributed by atoms with E-state index in [0.29, 0.717) is 50.2 Å². The van der Waals surface area contributed by atoms with Gasteiger partial charge in [0.25, 0.3) is 0 Å². The number of hydrogen-bond acceptors (Lipinski definition) is 12. The maximum atomic E-state index is 11.9. The predicted octanol–water partition coefficient (Wildman–Crippen LogP) is 8.47. The van der Waals surface area contributed by atoms with Gasteiger partial charge in [0.15, 0.2) is 22.9 Å². The van der Waals surface area contributed by atoms with Gasteiger partial charge in [-0.25, -0.2) is 19.6 Å². The number of esters is 3. The first kappa shape index (κ1) is 42.4. The molecule has 0 unspecified atom stereocenters. The molecule has 54 heavy (non-hydrogen) atoms. The predicted molar refractivity (Wildman–Crippen MR) is 199 cm³/mol. The summed E-state index contributed by atoms with van der Waals surface area (Å²) < 4.78 is 26.0. The fourth-order valence-electron chi connectivity index (χ4n) is 5.15. The van der Waals surface area contributed by atoms with Crippen LogP contribution in [0.15, 0.2) is 84.9 Å². The van der Waals surface area contributed by atoms with Gasteiger partial charge in [0.05, 0.1) is 19.9 Å². The molecule has 12 nitrogen and oxygen atoms in total. The van der Waals surface area contributed by atoms with Crippen LogP contribution in [-0.4, -0.2) is 52.3 Å². The zero-order valence-corrected chi connectivity index (χ0v) is 32.2. The van der Waals surface area contributed by atoms with Crippen LogP contribution in [0.4, 0.5) is 0 Å². The van der Waals surface area contributed by atoms with Crippen LogP contribution in [0.25, 0.3) is 21.5 Å². The number of carbonyl (C=O) groups is 3. The van der Waals surface area contributed by atoms with Gasteiger partial charge in [0.2, 0.25) is 0 Å². The number of ether oxygens (including phenoxy) is 5. The molecule has 0 fully saturated rings. The van der Waals surface area contributed by atoms with Crippen molar-refractivity contribution in [2.45, 2.75) is 34.3 Å². The summed E-state index contributed by atoms with van der Waals surface area (Å²) in [5.74, 6) is 0.0556. The number of benzene rings is 4. The Morgan fingerprint density at radius 1 is 0.593 bits per heavy atom. The normalized spacial score (nSPS) is 10.2. The van der Waals surface area contributed by atoms with Gasteiger partial charge in [-0.1, -0.05) is 35.4 Å². The Bertz CT molecular complexity index is 2290. The van der Waals surface area contributed by atoms with Gasteiger partial charge in [-0.3, -0.25) is 4.79 Å². The number of rotatable bonds is 8. The largest absolute Gasteiger partial charge is 0.505 e. The van der Waals surface area contributed by atoms with Crippen LogP contribution in [0.1, 0.15) is 50.4 Å². The van der Waals surface area contributed by atoms with Crippen molar-refractivity contribution in [1.29, 1.82) is 0 Å². The van der Waals surface area contributed by atoms with Crippen LogP contribution < -0.4 is 9.47 Å². The number of nitrogens with zero attached hydrogens (tertiary/aromatic N) is 2. The van der Waals surface area contributed by atoms with Crippen molar-refractivity contribution < 1.29 is 68.7 Å². The van der Waals surface area contributed by atoms with E-state index in [9.17, 15) is 24.6 Å². The van der Waals surface area contributed by atoms with E-state index in [1.807, 2.05) is 62.4 Å². The Kier molecular flexibility index (Phi) is 14.6. The average Bonchev–Trinajstić information content (AvgIpc) is 3.14. The molecular formula is C41H39N2O10Pd-. The number of aromatic hydroxyl groups is 2. The summed E-state index contributed by atoms with van der Waals surface area (Å²) >= 11 is 0. The summed E-state index contributed by atoms with van der Waals surface area (Å²) in [5.41, 5.74) is 2.84. The molecule has 0 aliphatic heterocycles. The molecule has 13 heteroatoms. The Morgan fingerprint density at radius 3 is 1.44 bits per heavy atom. The van der Waals surface area contributed by atoms with Gasteiger partial charge in [0.1, 0.15) is 29.6 Å². The quantitative estimate of drug-likeness (QED) is 0.0652. The van der Waals surface area contributed by atoms with Crippen molar-refractivity contribution in [3.63, 3.8) is 0 Å². The van der Waals surface area contributed by atoms with E-state index in [2.05, 4.69) is 19.4 Å². The zero-order valence-electron chi connectivity index (χ0n) is 30.7. The standard InChI is InChI=1S/C21H19NO6.C19H17NO4.CH3.Pd/c1-12-4-6-14(7-5-12)28-15-8-9-16-17(10-15)18(11-27-13(2)23)22-19(20(16)24)21(25)26-3;1-11-4-6-13(7-5-11)24-14-8-9-15-16(10-14)12(2)20-17(18(15)21)19(22)23-3;;/h4-10,24H,11H2,1-3H3;4-10,21H,1-3H3;1H3;/q;;-1;. The van der Waals surface area contributed by atoms with Gasteiger partial charge in [-0.15, -0.1) is 0 Å². The van der Waals surface area contributed by atoms with Crippen LogP contribution in [0.3, 0.4) is 0 Å². The van der Waals surface area contributed by atoms with E-state index >= 15 is 0 Å². The fraction of sp³-hybridized carbons (Fsp3) is 0.171. The number of aryl methyl sites for hydroxylation is 3. The summed E-state index contributed by atoms with van der Waals surface area (Å²) in [6.45, 7) is 6.87. The smallest absolute Gasteiger partial charge is 0.360 e. The van der Waals surface area contributed by atoms with Gasteiger partial charge < -0.3 is 41.3 Å². The second-order valence-corrected chi connectivity index (χ2v) is 11.7. The number of pyridine rings is 2. The van der Waals surface area contributed by atoms with Crippen LogP contribution in [0.2, 0.25) is 0 Å². The Balaban J connectivity index is 0.000000283. The molecule has 2 aromatic heterocycles. The van der Waals surface area contributed by atoms with Crippen molar-refractivity contribution >= 4 is 39.5 Å². The number of aromatic nitrogens is 2. The van der Waals surface area contributed by atoms with Crippen LogP contribution in [0, 0.1) is 28.2 Å². The maximum absolute atomic E-state index is 11.9. The molecule has 4 aromatic carbocycles. The Morgan fingerprint density at radius 2 is 1.00 bits per heavy atom. The fourth-order valence-corrected chi connectivity index (χ4v) is 5.15. The van der Waals surface area contributed by atoms with Crippen LogP contribution >= 0.6 is 0 Å². The molecule has 0 saturated heterocycles. The molecule has 6 aromatic rings. The second-order valence-electron chi connectivity index (χ2n) is 11.7. The van der Waals surface area contributed by atoms with Crippen molar-refractivity contribution in [2.75, 3.05) is 14.2 Å². The van der Waals surface area contributed by atoms with Crippen molar-refractivity contribution in [3.05, 3.63) is 126 Å². The molecule has 0 saturated carbocycles. The monoisotopic (exact) mass is 825 g/mol. The molecule has 284 valence electrons. The molecule has 6 rings (SSSR count). The topological polar surface area (TPSA) is 164 Å². The molecular weight excluding hydrogens is 787 g/mol. The molecule has 2 N–H and O–H groups in total. The molecule has 0 aliphatic rings. The van der Waals surface area contributed by atoms with Crippen LogP contribution in [-0.2, 0) is 46.0 Å². The van der Waals surface area contributed by atoms with E-state index in [1.165, 1.54) is 21.1 Å². The Hall–Kier alpha value is -6.03. The first-order valence-corrected chi connectivity index (χ1v) is 16.0. The average molecular weight is 826 g/mol. The molecule has 0 bridgehead atoms. The number of carbonyl (C=O) groups excluding carboxylic acids is 3. The first-order chi connectivity index (χ1) is 24.9. The molecule has 0 aliphatic carbocycles. The molecule has 0 radical (unpaired) electrons. The van der Waals surface area contributed by atoms with E-state index in [-0.39, 0.29) is 57.3 Å². The SMILES string of the molecule is COC(=O)c1nc(C)c2cc(Oc3ccc(C)cc3)ccc2c1O.COC(=O)c1nc(COC(C)=O)c2cc(Oc3ccc(C)cc3)ccc2c1O.[CH3-].[Pd]. The zero-order chi connectivity index (χ0) is 37.5. The third-order valence-corrected chi connectivity index (χ3v) is 7.85. The van der Waals surface area contributed by atoms with Crippen molar-refractivity contribution in [2.24, 2.45) is 0 Å². The maximum Gasteiger partial charge on any atom is 0.360 e. The molecule has 2 heterocycles.